The lowest BCUT2D eigenvalue weighted by Crippen LogP contribution is -2.16. The molecule has 2 N–H and O–H groups in total. The van der Waals surface area contributed by atoms with Crippen molar-refractivity contribution in [3.8, 4) is 0 Å². The van der Waals surface area contributed by atoms with E-state index in [0.29, 0.717) is 17.7 Å². The molecule has 23 heavy (non-hydrogen) atoms. The molecule has 0 aliphatic heterocycles. The number of H-pyrrole nitrogens is 1. The summed E-state index contributed by atoms with van der Waals surface area (Å²) in [5.41, 5.74) is 1.96. The van der Waals surface area contributed by atoms with Gasteiger partial charge in [-0.25, -0.2) is 4.98 Å². The van der Waals surface area contributed by atoms with Crippen LogP contribution in [0.3, 0.4) is 0 Å². The van der Waals surface area contributed by atoms with Crippen molar-refractivity contribution in [2.45, 2.75) is 26.7 Å². The first-order valence-electron chi connectivity index (χ1n) is 7.43. The first-order valence-corrected chi connectivity index (χ1v) is 7.43. The van der Waals surface area contributed by atoms with Crippen molar-refractivity contribution in [2.75, 3.05) is 5.32 Å². The van der Waals surface area contributed by atoms with Crippen molar-refractivity contribution in [3.05, 3.63) is 57.5 Å². The van der Waals surface area contributed by atoms with E-state index in [4.69, 9.17) is 0 Å². The van der Waals surface area contributed by atoms with Crippen LogP contribution < -0.4 is 10.9 Å². The van der Waals surface area contributed by atoms with Gasteiger partial charge >= 0.3 is 0 Å². The molecule has 3 rings (SSSR count). The van der Waals surface area contributed by atoms with Crippen LogP contribution in [0.5, 0.6) is 0 Å². The van der Waals surface area contributed by atoms with E-state index in [9.17, 15) is 9.59 Å². The Morgan fingerprint density at radius 1 is 1.30 bits per heavy atom. The lowest BCUT2D eigenvalue weighted by atomic mass is 10.1. The third kappa shape index (κ3) is 3.13. The molecule has 0 aliphatic rings. The van der Waals surface area contributed by atoms with Crippen LogP contribution in [-0.4, -0.2) is 25.5 Å². The predicted octanol–water partition coefficient (Wildman–Crippen LogP) is 1.93. The van der Waals surface area contributed by atoms with E-state index >= 15 is 0 Å². The summed E-state index contributed by atoms with van der Waals surface area (Å²) in [5.74, 6) is 0.143. The van der Waals surface area contributed by atoms with Crippen LogP contribution in [0, 0.1) is 6.92 Å². The summed E-state index contributed by atoms with van der Waals surface area (Å²) in [4.78, 5) is 32.7. The average Bonchev–Trinajstić information content (AvgIpc) is 2.90. The Morgan fingerprint density at radius 2 is 2.13 bits per heavy atom. The molecule has 1 amide bonds. The van der Waals surface area contributed by atoms with Gasteiger partial charge in [0.15, 0.2) is 0 Å². The topological polar surface area (TPSA) is 92.2 Å². The first-order chi connectivity index (χ1) is 11.1. The standard InChI is InChI=1S/C16H17N5O2/c1-3-5-12-9-13(22)21-16(17-12)19-15(20-21)18-14(23)11-7-4-6-10(2)8-11/h4,6-9H,3,5H2,1-2H3,(H2,17,18,19,20,23). The highest BCUT2D eigenvalue weighted by Gasteiger charge is 2.11. The van der Waals surface area contributed by atoms with E-state index in [2.05, 4.69) is 20.4 Å². The van der Waals surface area contributed by atoms with Gasteiger partial charge in [0, 0.05) is 11.6 Å². The van der Waals surface area contributed by atoms with Crippen LogP contribution in [0.1, 0.15) is 35.0 Å². The summed E-state index contributed by atoms with van der Waals surface area (Å²) in [7, 11) is 0. The van der Waals surface area contributed by atoms with Crippen LogP contribution >= 0.6 is 0 Å². The summed E-state index contributed by atoms with van der Waals surface area (Å²) >= 11 is 0. The van der Waals surface area contributed by atoms with E-state index in [-0.39, 0.29) is 23.2 Å². The van der Waals surface area contributed by atoms with Gasteiger partial charge in [-0.2, -0.15) is 9.50 Å². The Bertz CT molecular complexity index is 926. The number of hydrogen-bond donors (Lipinski definition) is 2. The minimum Gasteiger partial charge on any atom is -0.291 e. The van der Waals surface area contributed by atoms with Gasteiger partial charge in [-0.3, -0.25) is 20.0 Å². The number of benzene rings is 1. The maximum Gasteiger partial charge on any atom is 0.274 e. The maximum absolute atomic E-state index is 12.2. The molecule has 2 heterocycles. The SMILES string of the molecule is CCCc1cc(=O)n2[nH]c(NC(=O)c3cccc(C)c3)nc2n1. The summed E-state index contributed by atoms with van der Waals surface area (Å²) in [6.45, 7) is 3.93. The number of carbonyl (C=O) groups excluding carboxylic acids is 1. The highest BCUT2D eigenvalue weighted by Crippen LogP contribution is 2.08. The predicted molar refractivity (Wildman–Crippen MR) is 86.7 cm³/mol. The van der Waals surface area contributed by atoms with Crippen LogP contribution in [0.15, 0.2) is 35.1 Å². The quantitative estimate of drug-likeness (QED) is 0.770. The lowest BCUT2D eigenvalue weighted by Gasteiger charge is -2.02. The number of nitrogens with zero attached hydrogens (tertiary/aromatic N) is 3. The Labute approximate surface area is 132 Å². The lowest BCUT2D eigenvalue weighted by molar-refractivity contribution is 0.102. The number of rotatable bonds is 4. The normalized spacial score (nSPS) is 10.9. The largest absolute Gasteiger partial charge is 0.291 e. The van der Waals surface area contributed by atoms with Gasteiger partial charge in [-0.05, 0) is 25.5 Å². The molecule has 3 aromatic rings. The second kappa shape index (κ2) is 6.04. The van der Waals surface area contributed by atoms with Crippen LogP contribution in [0.4, 0.5) is 5.95 Å². The molecule has 118 valence electrons. The molecule has 0 spiro atoms. The molecule has 0 saturated carbocycles. The minimum absolute atomic E-state index is 0.190. The van der Waals surface area contributed by atoms with Crippen LogP contribution in [0.25, 0.3) is 5.78 Å². The third-order valence-corrected chi connectivity index (χ3v) is 3.40. The number of amides is 1. The number of anilines is 1. The summed E-state index contributed by atoms with van der Waals surface area (Å²) in [5, 5.41) is 5.40. The molecule has 0 bridgehead atoms. The highest BCUT2D eigenvalue weighted by molar-refractivity contribution is 6.03. The fourth-order valence-corrected chi connectivity index (χ4v) is 2.33. The summed E-state index contributed by atoms with van der Waals surface area (Å²) < 4.78 is 1.21. The van der Waals surface area contributed by atoms with E-state index < -0.39 is 0 Å². The Morgan fingerprint density at radius 3 is 2.87 bits per heavy atom. The smallest absolute Gasteiger partial charge is 0.274 e. The molecule has 0 fully saturated rings. The number of fused-ring (bicyclic) bond motifs is 1. The van der Waals surface area contributed by atoms with Gasteiger partial charge in [-0.1, -0.05) is 31.0 Å². The molecule has 0 aliphatic carbocycles. The first kappa shape index (κ1) is 15.0. The Kier molecular flexibility index (Phi) is 3.92. The molecule has 2 aromatic heterocycles. The molecular formula is C16H17N5O2. The van der Waals surface area contributed by atoms with E-state index in [1.165, 1.54) is 10.6 Å². The van der Waals surface area contributed by atoms with E-state index in [0.717, 1.165) is 12.0 Å². The number of hydrogen-bond acceptors (Lipinski definition) is 4. The van der Waals surface area contributed by atoms with Gasteiger partial charge in [0.25, 0.3) is 17.2 Å². The van der Waals surface area contributed by atoms with Crippen molar-refractivity contribution in [2.24, 2.45) is 0 Å². The molecule has 7 nitrogen and oxygen atoms in total. The van der Waals surface area contributed by atoms with Gasteiger partial charge in [0.05, 0.1) is 5.69 Å². The van der Waals surface area contributed by atoms with Crippen molar-refractivity contribution >= 4 is 17.6 Å². The second-order valence-corrected chi connectivity index (χ2v) is 5.37. The number of aromatic amines is 1. The van der Waals surface area contributed by atoms with Crippen LogP contribution in [0.2, 0.25) is 0 Å². The highest BCUT2D eigenvalue weighted by atomic mass is 16.2. The number of aryl methyl sites for hydroxylation is 2. The number of nitrogens with one attached hydrogen (secondary N) is 2. The van der Waals surface area contributed by atoms with Crippen molar-refractivity contribution in [1.82, 2.24) is 19.6 Å². The number of aromatic nitrogens is 4. The van der Waals surface area contributed by atoms with Crippen molar-refractivity contribution in [1.29, 1.82) is 0 Å². The molecule has 7 heteroatoms. The van der Waals surface area contributed by atoms with Gasteiger partial charge in [0.1, 0.15) is 0 Å². The van der Waals surface area contributed by atoms with Gasteiger partial charge in [0.2, 0.25) is 5.95 Å². The number of carbonyl (C=O) groups is 1. The van der Waals surface area contributed by atoms with E-state index in [1.54, 1.807) is 12.1 Å². The molecule has 0 unspecified atom stereocenters. The minimum atomic E-state index is -0.297. The zero-order chi connectivity index (χ0) is 16.4. The van der Waals surface area contributed by atoms with Crippen molar-refractivity contribution < 1.29 is 4.79 Å². The average molecular weight is 311 g/mol. The van der Waals surface area contributed by atoms with Crippen molar-refractivity contribution in [3.63, 3.8) is 0 Å². The zero-order valence-electron chi connectivity index (χ0n) is 13.0. The molecule has 0 saturated heterocycles. The second-order valence-electron chi connectivity index (χ2n) is 5.37. The Hall–Kier alpha value is -2.96. The maximum atomic E-state index is 12.2. The summed E-state index contributed by atoms with van der Waals surface area (Å²) in [6, 6.07) is 8.69. The van der Waals surface area contributed by atoms with Gasteiger partial charge < -0.3 is 0 Å². The molecule has 0 atom stereocenters. The fraction of sp³-hybridized carbons (Fsp3) is 0.250. The molecular weight excluding hydrogens is 294 g/mol. The third-order valence-electron chi connectivity index (χ3n) is 3.40. The fourth-order valence-electron chi connectivity index (χ4n) is 2.33. The van der Waals surface area contributed by atoms with E-state index in [1.807, 2.05) is 26.0 Å². The summed E-state index contributed by atoms with van der Waals surface area (Å²) in [6.07, 6.45) is 1.60. The molecule has 0 radical (unpaired) electrons. The zero-order valence-corrected chi connectivity index (χ0v) is 13.0. The van der Waals surface area contributed by atoms with Gasteiger partial charge in [-0.15, -0.1) is 0 Å². The molecule has 1 aromatic carbocycles. The van der Waals surface area contributed by atoms with Crippen LogP contribution in [-0.2, 0) is 6.42 Å². The Balaban J connectivity index is 1.90. The monoisotopic (exact) mass is 311 g/mol.